The molecule has 0 aliphatic carbocycles. The smallest absolute Gasteiger partial charge is 0.279 e. The van der Waals surface area contributed by atoms with Crippen molar-refractivity contribution in [3.05, 3.63) is 0 Å². The molecule has 0 spiro atoms. The molecule has 3 N–H and O–H groups in total. The Morgan fingerprint density at radius 1 is 1.80 bits per heavy atom. The summed E-state index contributed by atoms with van der Waals surface area (Å²) in [6.45, 7) is 2.30. The van der Waals surface area contributed by atoms with Crippen LogP contribution in [0.2, 0.25) is 0 Å². The maximum Gasteiger partial charge on any atom is 0.279 e. The fourth-order valence-corrected chi connectivity index (χ4v) is 1.91. The number of nitrogens with zero attached hydrogens (tertiary/aromatic N) is 1. The van der Waals surface area contributed by atoms with Gasteiger partial charge in [-0.3, -0.25) is 9.59 Å². The molecule has 1 saturated heterocycles. The molecule has 15 heavy (non-hydrogen) atoms. The second kappa shape index (κ2) is 6.19. The van der Waals surface area contributed by atoms with Crippen LogP contribution in [0.1, 0.15) is 6.92 Å². The van der Waals surface area contributed by atoms with Crippen LogP contribution in [0.15, 0.2) is 0 Å². The first-order chi connectivity index (χ1) is 6.56. The highest BCUT2D eigenvalue weighted by molar-refractivity contribution is 8.14. The number of thioether (sulfide) groups is 1. The number of hydrogen-bond acceptors (Lipinski definition) is 4. The minimum atomic E-state index is -0.383. The summed E-state index contributed by atoms with van der Waals surface area (Å²) in [7, 11) is 1.70. The van der Waals surface area contributed by atoms with Gasteiger partial charge < -0.3 is 16.0 Å². The van der Waals surface area contributed by atoms with Gasteiger partial charge in [-0.2, -0.15) is 0 Å². The van der Waals surface area contributed by atoms with Gasteiger partial charge in [0.15, 0.2) is 0 Å². The van der Waals surface area contributed by atoms with Crippen molar-refractivity contribution < 1.29 is 9.59 Å². The molecular weight excluding hydrogens is 238 g/mol. The van der Waals surface area contributed by atoms with Crippen LogP contribution in [0.4, 0.5) is 4.79 Å². The third-order valence-corrected chi connectivity index (χ3v) is 3.20. The molecule has 0 bridgehead atoms. The van der Waals surface area contributed by atoms with Gasteiger partial charge in [-0.15, -0.1) is 12.4 Å². The number of carbonyl (C=O) groups is 2. The summed E-state index contributed by atoms with van der Waals surface area (Å²) in [6.07, 6.45) is 0. The summed E-state index contributed by atoms with van der Waals surface area (Å²) in [4.78, 5) is 24.2. The largest absolute Gasteiger partial charge is 0.340 e. The number of nitrogens with one attached hydrogen (secondary N) is 1. The van der Waals surface area contributed by atoms with Crippen LogP contribution in [0.3, 0.4) is 0 Å². The molecular formula is C8H16ClN3O2S. The molecule has 0 saturated carbocycles. The molecule has 0 aromatic heterocycles. The first kappa shape index (κ1) is 14.5. The minimum Gasteiger partial charge on any atom is -0.340 e. The van der Waals surface area contributed by atoms with E-state index in [0.29, 0.717) is 12.3 Å². The number of nitrogens with two attached hydrogens (primary N) is 1. The lowest BCUT2D eigenvalue weighted by atomic mass is 10.2. The summed E-state index contributed by atoms with van der Waals surface area (Å²) in [5, 5.41) is 2.48. The zero-order valence-electron chi connectivity index (χ0n) is 8.73. The van der Waals surface area contributed by atoms with Gasteiger partial charge in [0, 0.05) is 25.4 Å². The van der Waals surface area contributed by atoms with Gasteiger partial charge in [0.2, 0.25) is 5.91 Å². The molecule has 1 aliphatic rings. The molecule has 1 unspecified atom stereocenters. The average molecular weight is 254 g/mol. The zero-order chi connectivity index (χ0) is 10.7. The third-order valence-electron chi connectivity index (χ3n) is 2.32. The number of carbonyl (C=O) groups excluding carboxylic acids is 2. The lowest BCUT2D eigenvalue weighted by Crippen LogP contribution is -2.49. The Hall–Kier alpha value is -0.460. The average Bonchev–Trinajstić information content (AvgIpc) is 2.61. The molecule has 1 fully saturated rings. The Kier molecular flexibility index (Phi) is 6.00. The third kappa shape index (κ3) is 3.55. The Morgan fingerprint density at radius 3 is 2.80 bits per heavy atom. The van der Waals surface area contributed by atoms with Gasteiger partial charge in [-0.1, -0.05) is 11.8 Å². The van der Waals surface area contributed by atoms with E-state index in [9.17, 15) is 9.59 Å². The summed E-state index contributed by atoms with van der Waals surface area (Å²) in [6, 6.07) is -0.378. The van der Waals surface area contributed by atoms with Crippen LogP contribution < -0.4 is 11.1 Å². The van der Waals surface area contributed by atoms with E-state index in [2.05, 4.69) is 5.32 Å². The molecule has 2 amide bonds. The van der Waals surface area contributed by atoms with Crippen LogP contribution >= 0.6 is 24.2 Å². The van der Waals surface area contributed by atoms with Gasteiger partial charge in [0.05, 0.1) is 0 Å². The predicted octanol–water partition coefficient (Wildman–Crippen LogP) is 0.0388. The highest BCUT2D eigenvalue weighted by Gasteiger charge is 2.31. The summed E-state index contributed by atoms with van der Waals surface area (Å²) >= 11 is 1.14. The SMILES string of the molecule is CC(CN)N(C)C(=O)[C@@H]1CSC(=O)N1.Cl. The lowest BCUT2D eigenvalue weighted by Gasteiger charge is -2.26. The number of rotatable bonds is 3. The van der Waals surface area contributed by atoms with Crippen molar-refractivity contribution in [2.75, 3.05) is 19.3 Å². The molecule has 0 aromatic carbocycles. The lowest BCUT2D eigenvalue weighted by molar-refractivity contribution is -0.132. The van der Waals surface area contributed by atoms with E-state index in [1.807, 2.05) is 6.92 Å². The highest BCUT2D eigenvalue weighted by Crippen LogP contribution is 2.14. The fraction of sp³-hybridized carbons (Fsp3) is 0.750. The second-order valence-corrected chi connectivity index (χ2v) is 4.32. The van der Waals surface area contributed by atoms with Gasteiger partial charge in [0.1, 0.15) is 6.04 Å². The van der Waals surface area contributed by atoms with Crippen molar-refractivity contribution >= 4 is 35.3 Å². The highest BCUT2D eigenvalue weighted by atomic mass is 35.5. The van der Waals surface area contributed by atoms with Crippen molar-refractivity contribution in [2.24, 2.45) is 5.73 Å². The molecule has 1 aliphatic heterocycles. The van der Waals surface area contributed by atoms with Crippen molar-refractivity contribution in [2.45, 2.75) is 19.0 Å². The predicted molar refractivity (Wildman–Crippen MR) is 63.3 cm³/mol. The molecule has 2 atom stereocenters. The maximum atomic E-state index is 11.7. The summed E-state index contributed by atoms with van der Waals surface area (Å²) in [5.74, 6) is 0.445. The number of likely N-dealkylation sites (N-methyl/N-ethyl adjacent to an activating group) is 1. The van der Waals surface area contributed by atoms with Crippen molar-refractivity contribution in [1.82, 2.24) is 10.2 Å². The molecule has 1 heterocycles. The van der Waals surface area contributed by atoms with Gasteiger partial charge in [-0.25, -0.2) is 0 Å². The standard InChI is InChI=1S/C8H15N3O2S.ClH/c1-5(3-9)11(2)7(12)6-4-14-8(13)10-6;/h5-6H,3-4,9H2,1-2H3,(H,10,13);1H/t5?,6-;/m0./s1. The van der Waals surface area contributed by atoms with Crippen LogP contribution in [0.25, 0.3) is 0 Å². The van der Waals surface area contributed by atoms with Crippen LogP contribution in [0.5, 0.6) is 0 Å². The zero-order valence-corrected chi connectivity index (χ0v) is 10.4. The van der Waals surface area contributed by atoms with Crippen LogP contribution in [-0.4, -0.2) is 47.5 Å². The van der Waals surface area contributed by atoms with E-state index in [1.165, 1.54) is 0 Å². The quantitative estimate of drug-likeness (QED) is 0.745. The van der Waals surface area contributed by atoms with E-state index in [1.54, 1.807) is 11.9 Å². The van der Waals surface area contributed by atoms with E-state index in [-0.39, 0.29) is 35.6 Å². The first-order valence-electron chi connectivity index (χ1n) is 4.46. The molecule has 88 valence electrons. The Labute approximate surface area is 99.5 Å². The van der Waals surface area contributed by atoms with Gasteiger partial charge in [0.25, 0.3) is 5.24 Å². The minimum absolute atomic E-state index is 0. The molecule has 0 aromatic rings. The second-order valence-electron chi connectivity index (χ2n) is 3.33. The van der Waals surface area contributed by atoms with E-state index < -0.39 is 0 Å². The molecule has 0 radical (unpaired) electrons. The van der Waals surface area contributed by atoms with E-state index in [0.717, 1.165) is 11.8 Å². The molecule has 1 rings (SSSR count). The molecule has 5 nitrogen and oxygen atoms in total. The number of halogens is 1. The van der Waals surface area contributed by atoms with E-state index in [4.69, 9.17) is 5.73 Å². The number of amides is 2. The summed E-state index contributed by atoms with van der Waals surface area (Å²) in [5.41, 5.74) is 5.45. The Bertz CT molecular complexity index is 252. The first-order valence-corrected chi connectivity index (χ1v) is 5.45. The van der Waals surface area contributed by atoms with Crippen LogP contribution in [0, 0.1) is 0 Å². The number of hydrogen-bond donors (Lipinski definition) is 2. The maximum absolute atomic E-state index is 11.7. The van der Waals surface area contributed by atoms with Crippen molar-refractivity contribution in [3.8, 4) is 0 Å². The topological polar surface area (TPSA) is 75.4 Å². The monoisotopic (exact) mass is 253 g/mol. The summed E-state index contributed by atoms with van der Waals surface area (Å²) < 4.78 is 0. The van der Waals surface area contributed by atoms with Gasteiger partial charge >= 0.3 is 0 Å². The van der Waals surface area contributed by atoms with Gasteiger partial charge in [-0.05, 0) is 6.92 Å². The van der Waals surface area contributed by atoms with Crippen molar-refractivity contribution in [1.29, 1.82) is 0 Å². The Morgan fingerprint density at radius 2 is 2.40 bits per heavy atom. The van der Waals surface area contributed by atoms with E-state index >= 15 is 0 Å². The van der Waals surface area contributed by atoms with Crippen molar-refractivity contribution in [3.63, 3.8) is 0 Å². The molecule has 7 heteroatoms. The fourth-order valence-electron chi connectivity index (χ4n) is 1.14. The normalized spacial score (nSPS) is 21.5. The Balaban J connectivity index is 0.00000196. The van der Waals surface area contributed by atoms with Crippen LogP contribution in [-0.2, 0) is 4.79 Å².